The Morgan fingerprint density at radius 1 is 1.35 bits per heavy atom. The Kier molecular flexibility index (Phi) is 6.10. The Morgan fingerprint density at radius 3 is 2.57 bits per heavy atom. The minimum Gasteiger partial charge on any atom is -0.460 e. The summed E-state index contributed by atoms with van der Waals surface area (Å²) in [6.07, 6.45) is 1.93. The summed E-state index contributed by atoms with van der Waals surface area (Å²) in [4.78, 5) is 12.4. The highest BCUT2D eigenvalue weighted by Crippen LogP contribution is 2.52. The molecule has 0 amide bonds. The zero-order valence-corrected chi connectivity index (χ0v) is 16.5. The van der Waals surface area contributed by atoms with Gasteiger partial charge in [-0.15, -0.1) is 0 Å². The van der Waals surface area contributed by atoms with E-state index in [1.807, 2.05) is 55.8 Å². The standard InChI is InChI=1S/C17H25BrNO3P/c1-17(2,3)22-16(20)13-23(21,15-9-5-4-6-10-15)19-11-7-8-14(19)12-18/h4-6,9-10,14H,7-8,11-13H2,1-3H3/t14-,23-/m1/s1. The SMILES string of the molecule is CC(C)(C)OC(=O)C[P@@](=O)(c1ccccc1)N1CCC[C@@H]1CBr. The molecule has 6 heteroatoms. The molecule has 1 saturated heterocycles. The smallest absolute Gasteiger partial charge is 0.315 e. The summed E-state index contributed by atoms with van der Waals surface area (Å²) < 4.78 is 21.3. The maximum atomic E-state index is 13.9. The molecule has 0 spiro atoms. The highest BCUT2D eigenvalue weighted by molar-refractivity contribution is 9.09. The monoisotopic (exact) mass is 401 g/mol. The van der Waals surface area contributed by atoms with E-state index in [0.717, 1.165) is 30.0 Å². The Balaban J connectivity index is 2.33. The number of esters is 1. The second kappa shape index (κ2) is 7.50. The first-order valence-corrected chi connectivity index (χ1v) is 10.9. The highest BCUT2D eigenvalue weighted by Gasteiger charge is 2.42. The largest absolute Gasteiger partial charge is 0.460 e. The molecule has 0 radical (unpaired) electrons. The fraction of sp³-hybridized carbons (Fsp3) is 0.588. The third kappa shape index (κ3) is 4.68. The summed E-state index contributed by atoms with van der Waals surface area (Å²) in [5.74, 6) is -0.398. The first-order chi connectivity index (χ1) is 10.8. The van der Waals surface area contributed by atoms with Crippen LogP contribution in [0.4, 0.5) is 0 Å². The molecule has 1 heterocycles. The molecule has 0 unspecified atom stereocenters. The van der Waals surface area contributed by atoms with Gasteiger partial charge in [0.25, 0.3) is 0 Å². The van der Waals surface area contributed by atoms with Gasteiger partial charge in [-0.1, -0.05) is 46.3 Å². The molecule has 1 aliphatic heterocycles. The summed E-state index contributed by atoms with van der Waals surface area (Å²) in [5, 5.41) is 1.50. The lowest BCUT2D eigenvalue weighted by Crippen LogP contribution is -2.36. The molecule has 2 atom stereocenters. The van der Waals surface area contributed by atoms with Crippen molar-refractivity contribution in [3.8, 4) is 0 Å². The topological polar surface area (TPSA) is 46.6 Å². The van der Waals surface area contributed by atoms with E-state index in [2.05, 4.69) is 15.9 Å². The van der Waals surface area contributed by atoms with Crippen LogP contribution >= 0.6 is 23.2 Å². The van der Waals surface area contributed by atoms with Crippen LogP contribution in [0.3, 0.4) is 0 Å². The van der Waals surface area contributed by atoms with Gasteiger partial charge in [0.1, 0.15) is 11.8 Å². The third-order valence-corrected chi connectivity index (χ3v) is 7.76. The normalized spacial score (nSPS) is 21.8. The molecule has 4 nitrogen and oxygen atoms in total. The number of ether oxygens (including phenoxy) is 1. The van der Waals surface area contributed by atoms with Gasteiger partial charge in [0.05, 0.1) is 0 Å². The molecule has 0 N–H and O–H groups in total. The maximum absolute atomic E-state index is 13.9. The molecule has 23 heavy (non-hydrogen) atoms. The molecular formula is C17H25BrNO3P. The van der Waals surface area contributed by atoms with Crippen molar-refractivity contribution in [2.24, 2.45) is 0 Å². The summed E-state index contributed by atoms with van der Waals surface area (Å²) in [6.45, 7) is 6.24. The van der Waals surface area contributed by atoms with Gasteiger partial charge in [0, 0.05) is 23.2 Å². The lowest BCUT2D eigenvalue weighted by atomic mass is 10.2. The minimum atomic E-state index is -3.01. The minimum absolute atomic E-state index is 0.0716. The van der Waals surface area contributed by atoms with Crippen molar-refractivity contribution in [3.05, 3.63) is 30.3 Å². The fourth-order valence-electron chi connectivity index (χ4n) is 2.94. The second-order valence-corrected chi connectivity index (χ2v) is 10.3. The average Bonchev–Trinajstić information content (AvgIpc) is 2.95. The molecule has 0 bridgehead atoms. The Morgan fingerprint density at radius 2 is 2.00 bits per heavy atom. The summed E-state index contributed by atoms with van der Waals surface area (Å²) in [7, 11) is -3.01. The van der Waals surface area contributed by atoms with Crippen molar-refractivity contribution in [2.75, 3.05) is 18.0 Å². The van der Waals surface area contributed by atoms with E-state index >= 15 is 0 Å². The molecule has 1 fully saturated rings. The fourth-order valence-corrected chi connectivity index (χ4v) is 6.74. The number of hydrogen-bond donors (Lipinski definition) is 0. The quantitative estimate of drug-likeness (QED) is 0.427. The first kappa shape index (κ1) is 18.7. The van der Waals surface area contributed by atoms with Crippen LogP contribution in [0.25, 0.3) is 0 Å². The van der Waals surface area contributed by atoms with E-state index in [-0.39, 0.29) is 12.2 Å². The zero-order chi connectivity index (χ0) is 17.1. The van der Waals surface area contributed by atoms with Crippen LogP contribution in [-0.2, 0) is 14.1 Å². The molecule has 128 valence electrons. The zero-order valence-electron chi connectivity index (χ0n) is 14.0. The van der Waals surface area contributed by atoms with Crippen LogP contribution in [0.1, 0.15) is 33.6 Å². The summed E-state index contributed by atoms with van der Waals surface area (Å²) in [5.41, 5.74) is -0.571. The van der Waals surface area contributed by atoms with E-state index < -0.39 is 18.9 Å². The number of carbonyl (C=O) groups excluding carboxylic acids is 1. The van der Waals surface area contributed by atoms with Gasteiger partial charge in [0.15, 0.2) is 7.29 Å². The lowest BCUT2D eigenvalue weighted by Gasteiger charge is -2.33. The van der Waals surface area contributed by atoms with Crippen LogP contribution in [0.15, 0.2) is 30.3 Å². The van der Waals surface area contributed by atoms with Crippen LogP contribution in [0.2, 0.25) is 0 Å². The predicted octanol–water partition coefficient (Wildman–Crippen LogP) is 3.79. The van der Waals surface area contributed by atoms with Gasteiger partial charge in [-0.05, 0) is 33.6 Å². The second-order valence-electron chi connectivity index (χ2n) is 6.90. The number of benzene rings is 1. The Labute approximate surface area is 147 Å². The van der Waals surface area contributed by atoms with Crippen molar-refractivity contribution >= 4 is 34.5 Å². The van der Waals surface area contributed by atoms with Crippen molar-refractivity contribution in [3.63, 3.8) is 0 Å². The van der Waals surface area contributed by atoms with E-state index in [1.165, 1.54) is 0 Å². The van der Waals surface area contributed by atoms with Crippen LogP contribution in [0.5, 0.6) is 0 Å². The molecule has 2 rings (SSSR count). The van der Waals surface area contributed by atoms with Crippen molar-refractivity contribution in [2.45, 2.75) is 45.3 Å². The number of hydrogen-bond acceptors (Lipinski definition) is 3. The van der Waals surface area contributed by atoms with E-state index in [9.17, 15) is 9.36 Å². The third-order valence-electron chi connectivity index (χ3n) is 3.86. The van der Waals surface area contributed by atoms with Gasteiger partial charge >= 0.3 is 5.97 Å². The molecule has 0 saturated carbocycles. The van der Waals surface area contributed by atoms with E-state index in [1.54, 1.807) is 0 Å². The average molecular weight is 402 g/mol. The van der Waals surface area contributed by atoms with Gasteiger partial charge in [-0.3, -0.25) is 4.79 Å². The Hall–Kier alpha value is -0.640. The number of nitrogens with zero attached hydrogens (tertiary/aromatic N) is 1. The molecule has 1 aromatic carbocycles. The molecule has 0 aliphatic carbocycles. The molecule has 1 aliphatic rings. The first-order valence-electron chi connectivity index (χ1n) is 7.96. The van der Waals surface area contributed by atoms with Crippen molar-refractivity contribution < 1.29 is 14.1 Å². The van der Waals surface area contributed by atoms with E-state index in [4.69, 9.17) is 4.74 Å². The lowest BCUT2D eigenvalue weighted by molar-refractivity contribution is -0.151. The maximum Gasteiger partial charge on any atom is 0.315 e. The van der Waals surface area contributed by atoms with Crippen LogP contribution < -0.4 is 5.30 Å². The molecule has 0 aromatic heterocycles. The molecular weight excluding hydrogens is 377 g/mol. The molecule has 1 aromatic rings. The predicted molar refractivity (Wildman–Crippen MR) is 97.9 cm³/mol. The number of rotatable bonds is 5. The van der Waals surface area contributed by atoms with Crippen molar-refractivity contribution in [1.29, 1.82) is 0 Å². The van der Waals surface area contributed by atoms with Gasteiger partial charge in [0.2, 0.25) is 0 Å². The van der Waals surface area contributed by atoms with Gasteiger partial charge in [-0.25, -0.2) is 4.67 Å². The Bertz CT molecular complexity index is 585. The van der Waals surface area contributed by atoms with Gasteiger partial charge in [-0.2, -0.15) is 0 Å². The number of halogens is 1. The van der Waals surface area contributed by atoms with E-state index in [0.29, 0.717) is 0 Å². The number of alkyl halides is 1. The van der Waals surface area contributed by atoms with Crippen LogP contribution in [-0.4, -0.2) is 40.3 Å². The summed E-state index contributed by atoms with van der Waals surface area (Å²) >= 11 is 3.52. The summed E-state index contributed by atoms with van der Waals surface area (Å²) in [6, 6.07) is 9.55. The van der Waals surface area contributed by atoms with Gasteiger partial charge < -0.3 is 9.30 Å². The highest BCUT2D eigenvalue weighted by atomic mass is 79.9. The van der Waals surface area contributed by atoms with Crippen LogP contribution in [0, 0.1) is 0 Å². The number of carbonyl (C=O) groups is 1. The van der Waals surface area contributed by atoms with Crippen molar-refractivity contribution in [1.82, 2.24) is 4.67 Å².